The van der Waals surface area contributed by atoms with Crippen LogP contribution in [0.3, 0.4) is 0 Å². The van der Waals surface area contributed by atoms with Gasteiger partial charge in [0.25, 0.3) is 0 Å². The third-order valence-electron chi connectivity index (χ3n) is 1.80. The molecule has 1 aromatic heterocycles. The maximum atomic E-state index is 5.89. The number of hydrogen-bond donors (Lipinski definition) is 0. The Bertz CT molecular complexity index is 481. The van der Waals surface area contributed by atoms with E-state index in [1.807, 2.05) is 28.3 Å². The predicted octanol–water partition coefficient (Wildman–Crippen LogP) is 2.48. The summed E-state index contributed by atoms with van der Waals surface area (Å²) in [6, 6.07) is 5.83. The Morgan fingerprint density at radius 2 is 2.38 bits per heavy atom. The minimum atomic E-state index is 0.598. The van der Waals surface area contributed by atoms with Gasteiger partial charge in [-0.2, -0.15) is 4.57 Å². The molecule has 0 fully saturated rings. The van der Waals surface area contributed by atoms with Crippen LogP contribution in [0.5, 0.6) is 0 Å². The van der Waals surface area contributed by atoms with Crippen molar-refractivity contribution in [3.8, 4) is 12.3 Å². The summed E-state index contributed by atoms with van der Waals surface area (Å²) in [4.78, 5) is 0. The number of fused-ring (bicyclic) bond motifs is 1. The van der Waals surface area contributed by atoms with E-state index >= 15 is 0 Å². The summed E-state index contributed by atoms with van der Waals surface area (Å²) in [6.45, 7) is 0.598. The van der Waals surface area contributed by atoms with Crippen molar-refractivity contribution in [2.24, 2.45) is 0 Å². The molecule has 0 aliphatic heterocycles. The van der Waals surface area contributed by atoms with Gasteiger partial charge in [-0.3, -0.25) is 0 Å². The molecular formula is C10H7ClNS+. The van der Waals surface area contributed by atoms with Gasteiger partial charge in [0.1, 0.15) is 4.70 Å². The Balaban J connectivity index is 2.66. The molecule has 0 saturated heterocycles. The summed E-state index contributed by atoms with van der Waals surface area (Å²) in [5.74, 6) is 2.61. The van der Waals surface area contributed by atoms with E-state index in [9.17, 15) is 0 Å². The van der Waals surface area contributed by atoms with Gasteiger partial charge in [0.2, 0.25) is 17.6 Å². The van der Waals surface area contributed by atoms with E-state index in [0.717, 1.165) is 10.5 Å². The van der Waals surface area contributed by atoms with Crippen molar-refractivity contribution < 1.29 is 4.57 Å². The van der Waals surface area contributed by atoms with Crippen LogP contribution < -0.4 is 4.57 Å². The van der Waals surface area contributed by atoms with E-state index in [-0.39, 0.29) is 0 Å². The highest BCUT2D eigenvalue weighted by atomic mass is 35.5. The molecule has 13 heavy (non-hydrogen) atoms. The molecule has 0 N–H and O–H groups in total. The second kappa shape index (κ2) is 3.37. The molecule has 0 radical (unpaired) electrons. The van der Waals surface area contributed by atoms with Crippen molar-refractivity contribution in [1.82, 2.24) is 0 Å². The quantitative estimate of drug-likeness (QED) is 0.501. The van der Waals surface area contributed by atoms with E-state index in [0.29, 0.717) is 6.54 Å². The third-order valence-corrected chi connectivity index (χ3v) is 2.99. The SMILES string of the molecule is C#CC[n+]1csc2ccc(Cl)cc21. The smallest absolute Gasteiger partial charge is 0.177 e. The maximum absolute atomic E-state index is 5.89. The maximum Gasteiger partial charge on any atom is 0.226 e. The summed E-state index contributed by atoms with van der Waals surface area (Å²) in [7, 11) is 0. The van der Waals surface area contributed by atoms with Crippen molar-refractivity contribution in [2.75, 3.05) is 0 Å². The van der Waals surface area contributed by atoms with Crippen molar-refractivity contribution in [1.29, 1.82) is 0 Å². The first-order valence-electron chi connectivity index (χ1n) is 3.81. The first-order valence-corrected chi connectivity index (χ1v) is 5.06. The minimum Gasteiger partial charge on any atom is -0.177 e. The lowest BCUT2D eigenvalue weighted by molar-refractivity contribution is -0.654. The molecule has 0 saturated carbocycles. The first-order chi connectivity index (χ1) is 6.31. The van der Waals surface area contributed by atoms with Gasteiger partial charge in [0.05, 0.1) is 0 Å². The van der Waals surface area contributed by atoms with Gasteiger partial charge >= 0.3 is 0 Å². The molecule has 1 nitrogen and oxygen atoms in total. The molecule has 2 rings (SSSR count). The number of halogens is 1. The second-order valence-corrected chi connectivity index (χ2v) is 3.99. The van der Waals surface area contributed by atoms with Gasteiger partial charge in [0.15, 0.2) is 0 Å². The molecule has 0 atom stereocenters. The fourth-order valence-electron chi connectivity index (χ4n) is 1.21. The van der Waals surface area contributed by atoms with Gasteiger partial charge in [-0.05, 0) is 18.1 Å². The average Bonchev–Trinajstić information content (AvgIpc) is 2.49. The lowest BCUT2D eigenvalue weighted by Gasteiger charge is -1.88. The first kappa shape index (κ1) is 8.55. The van der Waals surface area contributed by atoms with Crippen LogP contribution in [0.15, 0.2) is 23.7 Å². The van der Waals surface area contributed by atoms with Crippen LogP contribution in [0.4, 0.5) is 0 Å². The van der Waals surface area contributed by atoms with E-state index in [2.05, 4.69) is 5.92 Å². The van der Waals surface area contributed by atoms with Crippen LogP contribution in [0.25, 0.3) is 10.2 Å². The molecule has 2 aromatic rings. The number of hydrogen-bond acceptors (Lipinski definition) is 1. The monoisotopic (exact) mass is 208 g/mol. The van der Waals surface area contributed by atoms with Crippen molar-refractivity contribution >= 4 is 33.2 Å². The van der Waals surface area contributed by atoms with Gasteiger partial charge in [-0.1, -0.05) is 22.9 Å². The third kappa shape index (κ3) is 1.53. The summed E-state index contributed by atoms with van der Waals surface area (Å²) in [5.41, 5.74) is 3.12. The number of thiazole rings is 1. The highest BCUT2D eigenvalue weighted by Crippen LogP contribution is 2.20. The average molecular weight is 209 g/mol. The van der Waals surface area contributed by atoms with Crippen molar-refractivity contribution in [3.05, 3.63) is 28.7 Å². The fourth-order valence-corrected chi connectivity index (χ4v) is 2.25. The highest BCUT2D eigenvalue weighted by molar-refractivity contribution is 7.16. The standard InChI is InChI=1S/C10H7ClNS/c1-2-5-12-7-13-10-4-3-8(11)6-9(10)12/h1,3-4,6-7H,5H2/q+1. The summed E-state index contributed by atoms with van der Waals surface area (Å²) in [6.07, 6.45) is 5.25. The molecule has 64 valence electrons. The molecule has 1 aromatic carbocycles. The summed E-state index contributed by atoms with van der Waals surface area (Å²) >= 11 is 7.56. The van der Waals surface area contributed by atoms with E-state index in [4.69, 9.17) is 18.0 Å². The van der Waals surface area contributed by atoms with Crippen LogP contribution in [0.2, 0.25) is 5.02 Å². The Morgan fingerprint density at radius 1 is 1.54 bits per heavy atom. The fraction of sp³-hybridized carbons (Fsp3) is 0.100. The second-order valence-electron chi connectivity index (χ2n) is 2.67. The van der Waals surface area contributed by atoms with Crippen LogP contribution in [0.1, 0.15) is 0 Å². The number of terminal acetylenes is 1. The molecule has 0 aliphatic carbocycles. The van der Waals surface area contributed by atoms with Gasteiger partial charge < -0.3 is 0 Å². The minimum absolute atomic E-state index is 0.598. The largest absolute Gasteiger partial charge is 0.226 e. The van der Waals surface area contributed by atoms with E-state index in [1.165, 1.54) is 4.70 Å². The lowest BCUT2D eigenvalue weighted by atomic mass is 10.3. The topological polar surface area (TPSA) is 3.88 Å². The number of benzene rings is 1. The van der Waals surface area contributed by atoms with Crippen LogP contribution in [0, 0.1) is 12.3 Å². The number of nitrogens with zero attached hydrogens (tertiary/aromatic N) is 1. The molecule has 0 bridgehead atoms. The Labute approximate surface area is 85.6 Å². The van der Waals surface area contributed by atoms with Crippen molar-refractivity contribution in [2.45, 2.75) is 6.54 Å². The molecule has 3 heteroatoms. The molecule has 0 unspecified atom stereocenters. The predicted molar refractivity (Wildman–Crippen MR) is 55.9 cm³/mol. The van der Waals surface area contributed by atoms with Gasteiger partial charge in [0, 0.05) is 11.1 Å². The van der Waals surface area contributed by atoms with Gasteiger partial charge in [-0.15, -0.1) is 6.42 Å². The highest BCUT2D eigenvalue weighted by Gasteiger charge is 2.09. The Morgan fingerprint density at radius 3 is 3.15 bits per heavy atom. The molecular weight excluding hydrogens is 202 g/mol. The summed E-state index contributed by atoms with van der Waals surface area (Å²) in [5, 5.41) is 0.747. The zero-order valence-electron chi connectivity index (χ0n) is 6.83. The van der Waals surface area contributed by atoms with E-state index < -0.39 is 0 Å². The Kier molecular flexibility index (Phi) is 2.22. The van der Waals surface area contributed by atoms with Crippen LogP contribution >= 0.6 is 22.9 Å². The molecule has 0 amide bonds. The lowest BCUT2D eigenvalue weighted by Crippen LogP contribution is -2.30. The number of rotatable bonds is 1. The number of aromatic nitrogens is 1. The molecule has 0 aliphatic rings. The zero-order valence-corrected chi connectivity index (χ0v) is 8.40. The van der Waals surface area contributed by atoms with E-state index in [1.54, 1.807) is 11.3 Å². The molecule has 0 spiro atoms. The molecule has 1 heterocycles. The van der Waals surface area contributed by atoms with Crippen LogP contribution in [-0.2, 0) is 6.54 Å². The van der Waals surface area contributed by atoms with Gasteiger partial charge in [-0.25, -0.2) is 0 Å². The Hall–Kier alpha value is -1.04. The van der Waals surface area contributed by atoms with Crippen molar-refractivity contribution in [3.63, 3.8) is 0 Å². The zero-order chi connectivity index (χ0) is 9.26. The summed E-state index contributed by atoms with van der Waals surface area (Å²) < 4.78 is 3.23. The van der Waals surface area contributed by atoms with Crippen LogP contribution in [-0.4, -0.2) is 0 Å². The normalized spacial score (nSPS) is 10.2.